The number of rotatable bonds is 0. The van der Waals surface area contributed by atoms with Crippen LogP contribution < -0.4 is 10.1 Å². The summed E-state index contributed by atoms with van der Waals surface area (Å²) < 4.78 is 18.1. The second-order valence-corrected chi connectivity index (χ2v) is 6.97. The molecule has 0 bridgehead atoms. The molecule has 120 valence electrons. The van der Waals surface area contributed by atoms with Gasteiger partial charge in [0.25, 0.3) is 0 Å². The molecule has 2 aromatic carbocycles. The van der Waals surface area contributed by atoms with Gasteiger partial charge < -0.3 is 19.5 Å². The molecule has 2 saturated heterocycles. The zero-order chi connectivity index (χ0) is 15.3. The Hall–Kier alpha value is -1.62. The lowest BCUT2D eigenvalue weighted by Gasteiger charge is -2.47. The first kappa shape index (κ1) is 13.8. The lowest BCUT2D eigenvalue weighted by Crippen LogP contribution is -2.62. The second-order valence-electron chi connectivity index (χ2n) is 6.97. The third-order valence-corrected chi connectivity index (χ3v) is 5.44. The van der Waals surface area contributed by atoms with Crippen LogP contribution in [0.4, 0.5) is 0 Å². The van der Waals surface area contributed by atoms with Crippen LogP contribution in [0.1, 0.15) is 18.4 Å². The van der Waals surface area contributed by atoms with Crippen molar-refractivity contribution in [1.82, 2.24) is 5.32 Å². The number of nitrogens with one attached hydrogen (secondary N) is 1. The highest BCUT2D eigenvalue weighted by Gasteiger charge is 2.50. The van der Waals surface area contributed by atoms with Crippen molar-refractivity contribution in [2.45, 2.75) is 30.6 Å². The molecule has 1 unspecified atom stereocenters. The molecule has 0 aliphatic carbocycles. The van der Waals surface area contributed by atoms with Crippen LogP contribution in [-0.2, 0) is 15.9 Å². The van der Waals surface area contributed by atoms with Gasteiger partial charge in [0, 0.05) is 24.9 Å². The monoisotopic (exact) mass is 311 g/mol. The van der Waals surface area contributed by atoms with Gasteiger partial charge in [0.2, 0.25) is 0 Å². The van der Waals surface area contributed by atoms with Gasteiger partial charge in [0.05, 0.1) is 18.8 Å². The van der Waals surface area contributed by atoms with Crippen LogP contribution in [0.3, 0.4) is 0 Å². The van der Waals surface area contributed by atoms with Gasteiger partial charge >= 0.3 is 0 Å². The summed E-state index contributed by atoms with van der Waals surface area (Å²) in [6, 6.07) is 12.8. The molecule has 0 aromatic heterocycles. The molecule has 0 saturated carbocycles. The molecule has 2 spiro atoms. The minimum atomic E-state index is -0.406. The van der Waals surface area contributed by atoms with Gasteiger partial charge in [-0.3, -0.25) is 0 Å². The number of hydrogen-bond acceptors (Lipinski definition) is 4. The second kappa shape index (κ2) is 4.94. The Kier molecular flexibility index (Phi) is 2.96. The van der Waals surface area contributed by atoms with Crippen molar-refractivity contribution in [3.63, 3.8) is 0 Å². The number of piperidine rings is 1. The van der Waals surface area contributed by atoms with Crippen LogP contribution in [0.2, 0.25) is 0 Å². The van der Waals surface area contributed by atoms with E-state index in [4.69, 9.17) is 14.2 Å². The zero-order valence-corrected chi connectivity index (χ0v) is 13.1. The molecule has 3 aliphatic rings. The predicted octanol–water partition coefficient (Wildman–Crippen LogP) is 2.64. The number of benzene rings is 2. The molecule has 23 heavy (non-hydrogen) atoms. The van der Waals surface area contributed by atoms with E-state index >= 15 is 0 Å². The highest BCUT2D eigenvalue weighted by Crippen LogP contribution is 2.42. The van der Waals surface area contributed by atoms with Crippen LogP contribution in [0.15, 0.2) is 36.4 Å². The van der Waals surface area contributed by atoms with Crippen molar-refractivity contribution in [2.24, 2.45) is 0 Å². The molecule has 2 fully saturated rings. The smallest absolute Gasteiger partial charge is 0.171 e. The van der Waals surface area contributed by atoms with Crippen LogP contribution in [-0.4, -0.2) is 37.7 Å². The van der Waals surface area contributed by atoms with E-state index in [-0.39, 0.29) is 5.54 Å². The van der Waals surface area contributed by atoms with E-state index in [2.05, 4.69) is 41.7 Å². The molecule has 1 atom stereocenters. The largest absolute Gasteiger partial charge is 0.491 e. The molecule has 4 nitrogen and oxygen atoms in total. The van der Waals surface area contributed by atoms with Gasteiger partial charge in [-0.25, -0.2) is 0 Å². The van der Waals surface area contributed by atoms with Crippen molar-refractivity contribution < 1.29 is 14.2 Å². The average Bonchev–Trinajstić information content (AvgIpc) is 3.02. The Morgan fingerprint density at radius 1 is 1.00 bits per heavy atom. The minimum absolute atomic E-state index is 0.0975. The first-order valence-corrected chi connectivity index (χ1v) is 8.44. The third kappa shape index (κ3) is 2.17. The Morgan fingerprint density at radius 2 is 1.87 bits per heavy atom. The van der Waals surface area contributed by atoms with E-state index in [0.29, 0.717) is 19.8 Å². The van der Waals surface area contributed by atoms with Crippen molar-refractivity contribution in [3.05, 3.63) is 42.0 Å². The SMILES string of the molecule is c1ccc2c3c(ccc2c1)OCC1(C3)CC2(CCN1)OCCO2. The summed E-state index contributed by atoms with van der Waals surface area (Å²) in [5.41, 5.74) is 1.21. The maximum atomic E-state index is 6.15. The fraction of sp³-hybridized carbons (Fsp3) is 0.474. The van der Waals surface area contributed by atoms with Gasteiger partial charge in [-0.15, -0.1) is 0 Å². The van der Waals surface area contributed by atoms with Crippen LogP contribution in [0.5, 0.6) is 5.75 Å². The quantitative estimate of drug-likeness (QED) is 0.812. The van der Waals surface area contributed by atoms with Crippen LogP contribution in [0, 0.1) is 0 Å². The molecule has 1 N–H and O–H groups in total. The lowest BCUT2D eigenvalue weighted by atomic mass is 9.78. The van der Waals surface area contributed by atoms with Crippen LogP contribution in [0.25, 0.3) is 10.8 Å². The Balaban J connectivity index is 1.55. The van der Waals surface area contributed by atoms with E-state index in [1.165, 1.54) is 16.3 Å². The minimum Gasteiger partial charge on any atom is -0.491 e. The molecule has 0 radical (unpaired) electrons. The summed E-state index contributed by atoms with van der Waals surface area (Å²) in [7, 11) is 0. The maximum Gasteiger partial charge on any atom is 0.171 e. The summed E-state index contributed by atoms with van der Waals surface area (Å²) in [5.74, 6) is 0.612. The first-order chi connectivity index (χ1) is 11.3. The average molecular weight is 311 g/mol. The molecule has 5 rings (SSSR count). The fourth-order valence-electron chi connectivity index (χ4n) is 4.39. The summed E-state index contributed by atoms with van der Waals surface area (Å²) in [6.07, 6.45) is 2.72. The molecule has 2 aromatic rings. The standard InChI is InChI=1S/C19H21NO3/c1-2-4-15-14(3-1)5-6-17-16(15)11-18(13-21-17)12-19(7-8-20-18)22-9-10-23-19/h1-6,20H,7-13H2. The van der Waals surface area contributed by atoms with Crippen molar-refractivity contribution in [1.29, 1.82) is 0 Å². The van der Waals surface area contributed by atoms with Crippen molar-refractivity contribution in [3.8, 4) is 5.75 Å². The van der Waals surface area contributed by atoms with E-state index in [0.717, 1.165) is 31.6 Å². The third-order valence-electron chi connectivity index (χ3n) is 5.44. The van der Waals surface area contributed by atoms with Gasteiger partial charge in [0.15, 0.2) is 5.79 Å². The maximum absolute atomic E-state index is 6.15. The number of hydrogen-bond donors (Lipinski definition) is 1. The van der Waals surface area contributed by atoms with Crippen molar-refractivity contribution >= 4 is 10.8 Å². The zero-order valence-electron chi connectivity index (χ0n) is 13.1. The molecule has 3 aliphatic heterocycles. The lowest BCUT2D eigenvalue weighted by molar-refractivity contribution is -0.194. The predicted molar refractivity (Wildman–Crippen MR) is 87.7 cm³/mol. The Bertz CT molecular complexity index is 753. The summed E-state index contributed by atoms with van der Waals surface area (Å²) in [6.45, 7) is 2.99. The summed E-state index contributed by atoms with van der Waals surface area (Å²) in [5, 5.41) is 6.27. The molecular formula is C19H21NO3. The van der Waals surface area contributed by atoms with Gasteiger partial charge in [-0.05, 0) is 23.3 Å². The van der Waals surface area contributed by atoms with Gasteiger partial charge in [0.1, 0.15) is 12.4 Å². The van der Waals surface area contributed by atoms with E-state index < -0.39 is 5.79 Å². The van der Waals surface area contributed by atoms with Gasteiger partial charge in [-0.2, -0.15) is 0 Å². The van der Waals surface area contributed by atoms with Crippen LogP contribution >= 0.6 is 0 Å². The highest BCUT2D eigenvalue weighted by atomic mass is 16.7. The number of ether oxygens (including phenoxy) is 3. The van der Waals surface area contributed by atoms with E-state index in [1.807, 2.05) is 0 Å². The van der Waals surface area contributed by atoms with E-state index in [9.17, 15) is 0 Å². The summed E-state index contributed by atoms with van der Waals surface area (Å²) in [4.78, 5) is 0. The molecular weight excluding hydrogens is 290 g/mol. The fourth-order valence-corrected chi connectivity index (χ4v) is 4.39. The highest BCUT2D eigenvalue weighted by molar-refractivity contribution is 5.88. The Morgan fingerprint density at radius 3 is 2.78 bits per heavy atom. The van der Waals surface area contributed by atoms with E-state index in [1.54, 1.807) is 0 Å². The topological polar surface area (TPSA) is 39.7 Å². The summed E-state index contributed by atoms with van der Waals surface area (Å²) >= 11 is 0. The van der Waals surface area contributed by atoms with Crippen molar-refractivity contribution in [2.75, 3.05) is 26.4 Å². The first-order valence-electron chi connectivity index (χ1n) is 8.44. The van der Waals surface area contributed by atoms with Gasteiger partial charge in [-0.1, -0.05) is 30.3 Å². The Labute approximate surface area is 135 Å². The molecule has 4 heteroatoms. The molecule has 0 amide bonds. The normalized spacial score (nSPS) is 28.9. The molecule has 3 heterocycles. The number of fused-ring (bicyclic) bond motifs is 3.